The van der Waals surface area contributed by atoms with Gasteiger partial charge in [-0.15, -0.1) is 15.3 Å². The van der Waals surface area contributed by atoms with Crippen LogP contribution in [0.3, 0.4) is 0 Å². The summed E-state index contributed by atoms with van der Waals surface area (Å²) in [7, 11) is 0. The third-order valence-corrected chi connectivity index (χ3v) is 4.36. The molecule has 8 heteroatoms. The Kier molecular flexibility index (Phi) is 5.13. The van der Waals surface area contributed by atoms with Crippen molar-refractivity contribution in [3.63, 3.8) is 0 Å². The first-order chi connectivity index (χ1) is 11.9. The Morgan fingerprint density at radius 1 is 1.12 bits per heavy atom. The van der Waals surface area contributed by atoms with E-state index in [9.17, 15) is 0 Å². The Morgan fingerprint density at radius 2 is 1.84 bits per heavy atom. The van der Waals surface area contributed by atoms with E-state index >= 15 is 0 Å². The van der Waals surface area contributed by atoms with E-state index in [2.05, 4.69) is 34.5 Å². The molecule has 0 spiro atoms. The SMILES string of the molecule is CC(C)(CCO)CNc1ccc2nnc(-c3cc(Cl)cc(Cl)c3)n2n1. The lowest BCUT2D eigenvalue weighted by molar-refractivity contribution is 0.220. The molecule has 0 amide bonds. The van der Waals surface area contributed by atoms with Crippen LogP contribution < -0.4 is 5.32 Å². The first kappa shape index (κ1) is 17.9. The number of hydrogen-bond acceptors (Lipinski definition) is 5. The van der Waals surface area contributed by atoms with Gasteiger partial charge in [-0.1, -0.05) is 37.0 Å². The van der Waals surface area contributed by atoms with Gasteiger partial charge in [-0.25, -0.2) is 0 Å². The third kappa shape index (κ3) is 4.21. The number of halogens is 2. The van der Waals surface area contributed by atoms with E-state index in [-0.39, 0.29) is 12.0 Å². The molecule has 0 aliphatic rings. The molecule has 6 nitrogen and oxygen atoms in total. The van der Waals surface area contributed by atoms with Crippen LogP contribution in [0.4, 0.5) is 5.82 Å². The van der Waals surface area contributed by atoms with Crippen molar-refractivity contribution in [2.75, 3.05) is 18.5 Å². The van der Waals surface area contributed by atoms with Crippen molar-refractivity contribution in [2.24, 2.45) is 5.41 Å². The highest BCUT2D eigenvalue weighted by Crippen LogP contribution is 2.26. The molecule has 2 aromatic heterocycles. The number of aliphatic hydroxyl groups is 1. The molecule has 0 atom stereocenters. The van der Waals surface area contributed by atoms with E-state index in [1.807, 2.05) is 12.1 Å². The van der Waals surface area contributed by atoms with Gasteiger partial charge in [0.25, 0.3) is 0 Å². The van der Waals surface area contributed by atoms with Crippen molar-refractivity contribution in [1.82, 2.24) is 19.8 Å². The molecule has 0 fully saturated rings. The van der Waals surface area contributed by atoms with Crippen molar-refractivity contribution in [1.29, 1.82) is 0 Å². The maximum absolute atomic E-state index is 9.13. The van der Waals surface area contributed by atoms with Gasteiger partial charge in [0.05, 0.1) is 0 Å². The summed E-state index contributed by atoms with van der Waals surface area (Å²) in [5.41, 5.74) is 1.34. The molecular formula is C17H19Cl2N5O. The Morgan fingerprint density at radius 3 is 2.52 bits per heavy atom. The molecule has 132 valence electrons. The molecule has 0 unspecified atom stereocenters. The lowest BCUT2D eigenvalue weighted by atomic mass is 9.90. The molecule has 0 aliphatic carbocycles. The van der Waals surface area contributed by atoms with Gasteiger partial charge in [0.15, 0.2) is 11.5 Å². The van der Waals surface area contributed by atoms with Crippen LogP contribution in [-0.2, 0) is 0 Å². The van der Waals surface area contributed by atoms with Gasteiger partial charge in [-0.3, -0.25) is 0 Å². The van der Waals surface area contributed by atoms with Crippen LogP contribution in [0.15, 0.2) is 30.3 Å². The fourth-order valence-corrected chi connectivity index (χ4v) is 2.99. The molecule has 0 saturated heterocycles. The minimum Gasteiger partial charge on any atom is -0.396 e. The molecule has 2 heterocycles. The topological polar surface area (TPSA) is 75.3 Å². The summed E-state index contributed by atoms with van der Waals surface area (Å²) in [5, 5.41) is 26.4. The number of anilines is 1. The zero-order valence-corrected chi connectivity index (χ0v) is 15.5. The molecule has 0 aliphatic heterocycles. The highest BCUT2D eigenvalue weighted by molar-refractivity contribution is 6.35. The van der Waals surface area contributed by atoms with Gasteiger partial charge in [0.1, 0.15) is 5.82 Å². The third-order valence-electron chi connectivity index (χ3n) is 3.92. The Labute approximate surface area is 155 Å². The molecule has 0 bridgehead atoms. The summed E-state index contributed by atoms with van der Waals surface area (Å²) < 4.78 is 1.66. The number of hydrogen-bond donors (Lipinski definition) is 2. The van der Waals surface area contributed by atoms with Gasteiger partial charge in [0.2, 0.25) is 0 Å². The maximum atomic E-state index is 9.13. The second-order valence-electron chi connectivity index (χ2n) is 6.66. The fraction of sp³-hybridized carbons (Fsp3) is 0.353. The predicted molar refractivity (Wildman–Crippen MR) is 100 cm³/mol. The minimum atomic E-state index is -0.0398. The summed E-state index contributed by atoms with van der Waals surface area (Å²) in [4.78, 5) is 0. The highest BCUT2D eigenvalue weighted by atomic mass is 35.5. The lowest BCUT2D eigenvalue weighted by Gasteiger charge is -2.24. The largest absolute Gasteiger partial charge is 0.396 e. The minimum absolute atomic E-state index is 0.0398. The number of nitrogens with one attached hydrogen (secondary N) is 1. The van der Waals surface area contributed by atoms with Crippen LogP contribution in [0.1, 0.15) is 20.3 Å². The molecule has 3 aromatic rings. The van der Waals surface area contributed by atoms with Gasteiger partial charge >= 0.3 is 0 Å². The Hall–Kier alpha value is -1.89. The number of aliphatic hydroxyl groups excluding tert-OH is 1. The normalized spacial score (nSPS) is 11.9. The number of benzene rings is 1. The van der Waals surface area contributed by atoms with E-state index in [0.29, 0.717) is 40.3 Å². The summed E-state index contributed by atoms with van der Waals surface area (Å²) in [6.07, 6.45) is 0.709. The lowest BCUT2D eigenvalue weighted by Crippen LogP contribution is -2.24. The quantitative estimate of drug-likeness (QED) is 0.678. The number of fused-ring (bicyclic) bond motifs is 1. The summed E-state index contributed by atoms with van der Waals surface area (Å²) in [5.74, 6) is 1.27. The number of rotatable bonds is 6. The molecule has 2 N–H and O–H groups in total. The molecule has 25 heavy (non-hydrogen) atoms. The molecular weight excluding hydrogens is 361 g/mol. The van der Waals surface area contributed by atoms with Gasteiger partial charge in [-0.05, 0) is 42.2 Å². The van der Waals surface area contributed by atoms with Gasteiger partial charge in [0, 0.05) is 28.8 Å². The number of nitrogens with zero attached hydrogens (tertiary/aromatic N) is 4. The van der Waals surface area contributed by atoms with Crippen molar-refractivity contribution in [3.8, 4) is 11.4 Å². The Bertz CT molecular complexity index is 874. The second kappa shape index (κ2) is 7.15. The molecule has 0 saturated carbocycles. The van der Waals surface area contributed by atoms with Gasteiger partial charge < -0.3 is 10.4 Å². The van der Waals surface area contributed by atoms with E-state index < -0.39 is 0 Å². The highest BCUT2D eigenvalue weighted by Gasteiger charge is 2.17. The van der Waals surface area contributed by atoms with Crippen LogP contribution in [0.25, 0.3) is 17.0 Å². The van der Waals surface area contributed by atoms with Crippen molar-refractivity contribution >= 4 is 34.7 Å². The van der Waals surface area contributed by atoms with Crippen LogP contribution in [0.5, 0.6) is 0 Å². The van der Waals surface area contributed by atoms with Crippen LogP contribution in [-0.4, -0.2) is 38.1 Å². The summed E-state index contributed by atoms with van der Waals surface area (Å²) in [6, 6.07) is 8.91. The van der Waals surface area contributed by atoms with E-state index in [4.69, 9.17) is 28.3 Å². The number of aromatic nitrogens is 4. The van der Waals surface area contributed by atoms with Crippen LogP contribution >= 0.6 is 23.2 Å². The first-order valence-electron chi connectivity index (χ1n) is 7.92. The van der Waals surface area contributed by atoms with Gasteiger partial charge in [-0.2, -0.15) is 4.52 Å². The van der Waals surface area contributed by atoms with Crippen molar-refractivity contribution in [3.05, 3.63) is 40.4 Å². The van der Waals surface area contributed by atoms with Crippen molar-refractivity contribution in [2.45, 2.75) is 20.3 Å². The summed E-state index contributed by atoms with van der Waals surface area (Å²) in [6.45, 7) is 5.03. The second-order valence-corrected chi connectivity index (χ2v) is 7.53. The smallest absolute Gasteiger partial charge is 0.185 e. The van der Waals surface area contributed by atoms with E-state index in [1.165, 1.54) is 0 Å². The maximum Gasteiger partial charge on any atom is 0.185 e. The summed E-state index contributed by atoms with van der Waals surface area (Å²) >= 11 is 12.2. The van der Waals surface area contributed by atoms with Crippen LogP contribution in [0, 0.1) is 5.41 Å². The monoisotopic (exact) mass is 379 g/mol. The zero-order chi connectivity index (χ0) is 18.0. The zero-order valence-electron chi connectivity index (χ0n) is 14.0. The van der Waals surface area contributed by atoms with Crippen molar-refractivity contribution < 1.29 is 5.11 Å². The average Bonchev–Trinajstić information content (AvgIpc) is 2.95. The molecule has 0 radical (unpaired) electrons. The molecule has 1 aromatic carbocycles. The van der Waals surface area contributed by atoms with E-state index in [1.54, 1.807) is 22.7 Å². The fourth-order valence-electron chi connectivity index (χ4n) is 2.47. The molecule has 3 rings (SSSR count). The van der Waals surface area contributed by atoms with Crippen LogP contribution in [0.2, 0.25) is 10.0 Å². The Balaban J connectivity index is 1.92. The van der Waals surface area contributed by atoms with E-state index in [0.717, 1.165) is 5.56 Å². The average molecular weight is 380 g/mol. The predicted octanol–water partition coefficient (Wildman–Crippen LogP) is 3.92. The standard InChI is InChI=1S/C17H19Cl2N5O/c1-17(2,5-6-25)10-20-14-3-4-15-21-22-16(24(15)23-14)11-7-12(18)9-13(19)8-11/h3-4,7-9,25H,5-6,10H2,1-2H3,(H,20,23). The first-order valence-corrected chi connectivity index (χ1v) is 8.67.